The molecule has 1 atom stereocenters. The first-order chi connectivity index (χ1) is 9.28. The van der Waals surface area contributed by atoms with Crippen LogP contribution in [0.2, 0.25) is 0 Å². The molecule has 19 heavy (non-hydrogen) atoms. The molecule has 0 saturated carbocycles. The zero-order chi connectivity index (χ0) is 13.1. The quantitative estimate of drug-likeness (QED) is 0.862. The Bertz CT molecular complexity index is 404. The normalized spacial score (nSPS) is 27.5. The fraction of sp³-hybridized carbons (Fsp3) is 0.714. The number of ether oxygens (including phenoxy) is 1. The maximum atomic E-state index is 10.2. The minimum Gasteiger partial charge on any atom is -0.390 e. The summed E-state index contributed by atoms with van der Waals surface area (Å²) in [5.41, 5.74) is 0.723. The molecule has 0 aliphatic carbocycles. The lowest BCUT2D eigenvalue weighted by atomic mass is 9.82. The van der Waals surface area contributed by atoms with Crippen LogP contribution in [-0.4, -0.2) is 51.4 Å². The third-order valence-corrected chi connectivity index (χ3v) is 4.32. The fourth-order valence-electron chi connectivity index (χ4n) is 3.12. The van der Waals surface area contributed by atoms with Gasteiger partial charge in [0.05, 0.1) is 17.4 Å². The summed E-state index contributed by atoms with van der Waals surface area (Å²) in [7, 11) is 0. The summed E-state index contributed by atoms with van der Waals surface area (Å²) in [6.45, 7) is 3.53. The van der Waals surface area contributed by atoms with Gasteiger partial charge in [0, 0.05) is 44.8 Å². The molecule has 0 unspecified atom stereocenters. The lowest BCUT2D eigenvalue weighted by Crippen LogP contribution is -2.55. The van der Waals surface area contributed by atoms with Gasteiger partial charge in [0.25, 0.3) is 0 Å². The van der Waals surface area contributed by atoms with Crippen molar-refractivity contribution < 1.29 is 9.84 Å². The van der Waals surface area contributed by atoms with Crippen LogP contribution in [0.15, 0.2) is 18.6 Å². The summed E-state index contributed by atoms with van der Waals surface area (Å²) >= 11 is 0. The number of hydrogen-bond acceptors (Lipinski definition) is 5. The highest BCUT2D eigenvalue weighted by Gasteiger charge is 2.43. The van der Waals surface area contributed by atoms with Crippen LogP contribution in [-0.2, 0) is 11.3 Å². The van der Waals surface area contributed by atoms with Crippen LogP contribution in [0.1, 0.15) is 31.4 Å². The lowest BCUT2D eigenvalue weighted by molar-refractivity contribution is -0.177. The van der Waals surface area contributed by atoms with Gasteiger partial charge >= 0.3 is 0 Å². The number of piperidine rings is 1. The summed E-state index contributed by atoms with van der Waals surface area (Å²) < 4.78 is 5.91. The Morgan fingerprint density at radius 3 is 2.89 bits per heavy atom. The van der Waals surface area contributed by atoms with Gasteiger partial charge in [-0.2, -0.15) is 0 Å². The van der Waals surface area contributed by atoms with Crippen LogP contribution in [0, 0.1) is 0 Å². The maximum Gasteiger partial charge on any atom is 0.0964 e. The summed E-state index contributed by atoms with van der Waals surface area (Å²) in [6.07, 6.45) is 8.63. The van der Waals surface area contributed by atoms with Crippen molar-refractivity contribution in [3.05, 3.63) is 24.3 Å². The molecule has 2 fully saturated rings. The molecule has 2 aliphatic rings. The highest BCUT2D eigenvalue weighted by molar-refractivity contribution is 4.99. The van der Waals surface area contributed by atoms with Gasteiger partial charge in [-0.1, -0.05) is 0 Å². The molecule has 1 aromatic heterocycles. The second-order valence-corrected chi connectivity index (χ2v) is 5.54. The summed E-state index contributed by atoms with van der Waals surface area (Å²) in [5, 5.41) is 10.2. The SMILES string of the molecule is O[C@@H]1CCCOC12CCN(Cc1cnccn1)CC2. The summed E-state index contributed by atoms with van der Waals surface area (Å²) in [5.74, 6) is 0. The first-order valence-corrected chi connectivity index (χ1v) is 7.08. The van der Waals surface area contributed by atoms with Gasteiger partial charge in [-0.15, -0.1) is 0 Å². The number of aromatic nitrogens is 2. The second kappa shape index (κ2) is 5.53. The number of hydrogen-bond donors (Lipinski definition) is 1. The molecular formula is C14H21N3O2. The van der Waals surface area contributed by atoms with Crippen molar-refractivity contribution in [3.63, 3.8) is 0 Å². The van der Waals surface area contributed by atoms with Gasteiger partial charge in [-0.3, -0.25) is 14.9 Å². The molecule has 2 saturated heterocycles. The predicted octanol–water partition coefficient (Wildman–Crippen LogP) is 0.982. The molecule has 1 spiro atoms. The molecule has 3 heterocycles. The van der Waals surface area contributed by atoms with Gasteiger partial charge < -0.3 is 9.84 Å². The van der Waals surface area contributed by atoms with Crippen molar-refractivity contribution in [2.45, 2.75) is 43.9 Å². The predicted molar refractivity (Wildman–Crippen MR) is 70.5 cm³/mol. The minimum atomic E-state index is -0.292. The van der Waals surface area contributed by atoms with Crippen molar-refractivity contribution in [2.75, 3.05) is 19.7 Å². The van der Waals surface area contributed by atoms with Crippen molar-refractivity contribution in [1.29, 1.82) is 0 Å². The average molecular weight is 263 g/mol. The molecule has 0 amide bonds. The first-order valence-electron chi connectivity index (χ1n) is 7.08. The van der Waals surface area contributed by atoms with E-state index in [1.807, 2.05) is 6.20 Å². The topological polar surface area (TPSA) is 58.5 Å². The Hall–Kier alpha value is -1.04. The van der Waals surface area contributed by atoms with Crippen LogP contribution in [0.25, 0.3) is 0 Å². The van der Waals surface area contributed by atoms with E-state index in [2.05, 4.69) is 14.9 Å². The van der Waals surface area contributed by atoms with E-state index in [9.17, 15) is 5.11 Å². The molecule has 0 bridgehead atoms. The van der Waals surface area contributed by atoms with E-state index in [-0.39, 0.29) is 11.7 Å². The van der Waals surface area contributed by atoms with Crippen LogP contribution >= 0.6 is 0 Å². The van der Waals surface area contributed by atoms with E-state index in [4.69, 9.17) is 4.74 Å². The molecule has 1 aromatic rings. The molecular weight excluding hydrogens is 242 g/mol. The van der Waals surface area contributed by atoms with Crippen molar-refractivity contribution in [1.82, 2.24) is 14.9 Å². The largest absolute Gasteiger partial charge is 0.390 e. The zero-order valence-corrected chi connectivity index (χ0v) is 11.2. The average Bonchev–Trinajstić information content (AvgIpc) is 2.46. The van der Waals surface area contributed by atoms with Crippen LogP contribution in [0.3, 0.4) is 0 Å². The van der Waals surface area contributed by atoms with E-state index < -0.39 is 0 Å². The highest BCUT2D eigenvalue weighted by atomic mass is 16.5. The lowest BCUT2D eigenvalue weighted by Gasteiger charge is -2.46. The van der Waals surface area contributed by atoms with E-state index in [1.165, 1.54) is 0 Å². The zero-order valence-electron chi connectivity index (χ0n) is 11.2. The minimum absolute atomic E-state index is 0.281. The summed E-state index contributed by atoms with van der Waals surface area (Å²) in [4.78, 5) is 10.8. The van der Waals surface area contributed by atoms with E-state index >= 15 is 0 Å². The fourth-order valence-corrected chi connectivity index (χ4v) is 3.12. The van der Waals surface area contributed by atoms with Gasteiger partial charge in [-0.25, -0.2) is 0 Å². The van der Waals surface area contributed by atoms with Crippen molar-refractivity contribution >= 4 is 0 Å². The molecule has 0 aromatic carbocycles. The van der Waals surface area contributed by atoms with Crippen LogP contribution in [0.5, 0.6) is 0 Å². The van der Waals surface area contributed by atoms with Crippen molar-refractivity contribution in [3.8, 4) is 0 Å². The molecule has 3 rings (SSSR count). The molecule has 5 heteroatoms. The summed E-state index contributed by atoms with van der Waals surface area (Å²) in [6, 6.07) is 0. The Labute approximate surface area is 113 Å². The Balaban J connectivity index is 1.57. The third kappa shape index (κ3) is 2.78. The number of likely N-dealkylation sites (tertiary alicyclic amines) is 1. The van der Waals surface area contributed by atoms with Crippen LogP contribution < -0.4 is 0 Å². The molecule has 0 radical (unpaired) electrons. The van der Waals surface area contributed by atoms with Crippen molar-refractivity contribution in [2.24, 2.45) is 0 Å². The Kier molecular flexibility index (Phi) is 3.77. The van der Waals surface area contributed by atoms with Gasteiger partial charge in [-0.05, 0) is 25.7 Å². The second-order valence-electron chi connectivity index (χ2n) is 5.54. The Morgan fingerprint density at radius 1 is 1.37 bits per heavy atom. The first kappa shape index (κ1) is 13.0. The van der Waals surface area contributed by atoms with Gasteiger partial charge in [0.1, 0.15) is 0 Å². The molecule has 104 valence electrons. The van der Waals surface area contributed by atoms with E-state index in [0.29, 0.717) is 0 Å². The monoisotopic (exact) mass is 263 g/mol. The molecule has 5 nitrogen and oxygen atoms in total. The van der Waals surface area contributed by atoms with Crippen LogP contribution in [0.4, 0.5) is 0 Å². The number of aliphatic hydroxyl groups excluding tert-OH is 1. The van der Waals surface area contributed by atoms with Gasteiger partial charge in [0.2, 0.25) is 0 Å². The Morgan fingerprint density at radius 2 is 2.21 bits per heavy atom. The maximum absolute atomic E-state index is 10.2. The van der Waals surface area contributed by atoms with Gasteiger partial charge in [0.15, 0.2) is 0 Å². The highest BCUT2D eigenvalue weighted by Crippen LogP contribution is 2.35. The number of rotatable bonds is 2. The standard InChI is InChI=1S/C14H21N3O2/c18-13-2-1-9-19-14(13)3-7-17(8-4-14)11-12-10-15-5-6-16-12/h5-6,10,13,18H,1-4,7-9,11H2/t13-/m1/s1. The van der Waals surface area contributed by atoms with E-state index in [0.717, 1.165) is 57.6 Å². The number of aliphatic hydroxyl groups is 1. The number of nitrogens with zero attached hydrogens (tertiary/aromatic N) is 3. The molecule has 1 N–H and O–H groups in total. The van der Waals surface area contributed by atoms with E-state index in [1.54, 1.807) is 12.4 Å². The molecule has 2 aliphatic heterocycles. The third-order valence-electron chi connectivity index (χ3n) is 4.32. The smallest absolute Gasteiger partial charge is 0.0964 e.